The molecule has 0 bridgehead atoms. The Hall–Kier alpha value is -1.99. The van der Waals surface area contributed by atoms with Crippen LogP contribution in [0.4, 0.5) is 10.1 Å². The van der Waals surface area contributed by atoms with Crippen molar-refractivity contribution in [3.8, 4) is 0 Å². The van der Waals surface area contributed by atoms with Gasteiger partial charge >= 0.3 is 0 Å². The van der Waals surface area contributed by atoms with E-state index in [2.05, 4.69) is 21.2 Å². The minimum absolute atomic E-state index is 0.0934. The molecule has 2 rings (SSSR count). The van der Waals surface area contributed by atoms with Crippen LogP contribution < -0.4 is 5.32 Å². The van der Waals surface area contributed by atoms with Gasteiger partial charge in [-0.05, 0) is 30.3 Å². The highest BCUT2D eigenvalue weighted by atomic mass is 79.9. The van der Waals surface area contributed by atoms with Crippen LogP contribution in [-0.4, -0.2) is 10.8 Å². The maximum atomic E-state index is 13.6. The van der Waals surface area contributed by atoms with Gasteiger partial charge in [-0.2, -0.15) is 0 Å². The highest BCUT2D eigenvalue weighted by Gasteiger charge is 2.20. The predicted molar refractivity (Wildman–Crippen MR) is 83.4 cm³/mol. The van der Waals surface area contributed by atoms with Crippen molar-refractivity contribution in [2.75, 3.05) is 0 Å². The standard InChI is InChI=1S/C14H9BrClFN2O3/c15-9-1-4-12(17)8(5-9)7-18-14(20)11-3-2-10(16)6-13(11)19(21)22/h1-6H,7H2,(H,18,20). The Labute approximate surface area is 138 Å². The van der Waals surface area contributed by atoms with E-state index in [1.807, 2.05) is 0 Å². The number of nitro groups is 1. The molecule has 0 spiro atoms. The Morgan fingerprint density at radius 1 is 1.32 bits per heavy atom. The van der Waals surface area contributed by atoms with Crippen LogP contribution in [0.3, 0.4) is 0 Å². The van der Waals surface area contributed by atoms with Crippen LogP contribution in [0.2, 0.25) is 5.02 Å². The summed E-state index contributed by atoms with van der Waals surface area (Å²) in [6, 6.07) is 8.04. The summed E-state index contributed by atoms with van der Waals surface area (Å²) >= 11 is 8.89. The molecular weight excluding hydrogens is 379 g/mol. The summed E-state index contributed by atoms with van der Waals surface area (Å²) in [5, 5.41) is 13.6. The molecule has 0 atom stereocenters. The third-order valence-corrected chi connectivity index (χ3v) is 3.58. The highest BCUT2D eigenvalue weighted by molar-refractivity contribution is 9.10. The lowest BCUT2D eigenvalue weighted by Crippen LogP contribution is -2.24. The van der Waals surface area contributed by atoms with Gasteiger partial charge in [0.15, 0.2) is 0 Å². The topological polar surface area (TPSA) is 72.2 Å². The molecular formula is C14H9BrClFN2O3. The maximum Gasteiger partial charge on any atom is 0.283 e. The maximum absolute atomic E-state index is 13.6. The first-order valence-corrected chi connectivity index (χ1v) is 7.21. The molecule has 0 unspecified atom stereocenters. The van der Waals surface area contributed by atoms with Crippen LogP contribution in [0.15, 0.2) is 40.9 Å². The first-order valence-electron chi connectivity index (χ1n) is 6.04. The van der Waals surface area contributed by atoms with Gasteiger partial charge < -0.3 is 5.32 Å². The normalized spacial score (nSPS) is 10.3. The molecule has 0 aliphatic heterocycles. The van der Waals surface area contributed by atoms with Gasteiger partial charge in [-0.1, -0.05) is 27.5 Å². The first kappa shape index (κ1) is 16.4. The fourth-order valence-electron chi connectivity index (χ4n) is 1.80. The van der Waals surface area contributed by atoms with Gasteiger partial charge in [0.05, 0.1) is 4.92 Å². The van der Waals surface area contributed by atoms with Gasteiger partial charge in [-0.3, -0.25) is 14.9 Å². The number of benzene rings is 2. The lowest BCUT2D eigenvalue weighted by atomic mass is 10.1. The lowest BCUT2D eigenvalue weighted by Gasteiger charge is -2.07. The number of carbonyl (C=O) groups is 1. The van der Waals surface area contributed by atoms with Crippen molar-refractivity contribution in [2.45, 2.75) is 6.54 Å². The fraction of sp³-hybridized carbons (Fsp3) is 0.0714. The van der Waals surface area contributed by atoms with Crippen molar-refractivity contribution >= 4 is 39.1 Å². The fourth-order valence-corrected chi connectivity index (χ4v) is 2.37. The number of nitro benzene ring substituents is 1. The van der Waals surface area contributed by atoms with E-state index in [-0.39, 0.29) is 22.7 Å². The van der Waals surface area contributed by atoms with E-state index in [1.165, 1.54) is 30.3 Å². The van der Waals surface area contributed by atoms with Crippen molar-refractivity contribution in [3.63, 3.8) is 0 Å². The largest absolute Gasteiger partial charge is 0.348 e. The van der Waals surface area contributed by atoms with Crippen molar-refractivity contribution in [1.82, 2.24) is 5.32 Å². The minimum Gasteiger partial charge on any atom is -0.348 e. The second-order valence-electron chi connectivity index (χ2n) is 4.34. The van der Waals surface area contributed by atoms with E-state index in [4.69, 9.17) is 11.6 Å². The van der Waals surface area contributed by atoms with Crippen molar-refractivity contribution in [3.05, 3.63) is 73.0 Å². The Balaban J connectivity index is 2.19. The van der Waals surface area contributed by atoms with Crippen molar-refractivity contribution in [1.29, 1.82) is 0 Å². The number of carbonyl (C=O) groups excluding carboxylic acids is 1. The number of rotatable bonds is 4. The lowest BCUT2D eigenvalue weighted by molar-refractivity contribution is -0.385. The van der Waals surface area contributed by atoms with Gasteiger partial charge in [0, 0.05) is 27.7 Å². The van der Waals surface area contributed by atoms with Gasteiger partial charge in [0.25, 0.3) is 11.6 Å². The molecule has 5 nitrogen and oxygen atoms in total. The second kappa shape index (κ2) is 6.85. The van der Waals surface area contributed by atoms with Crippen LogP contribution in [0.1, 0.15) is 15.9 Å². The van der Waals surface area contributed by atoms with E-state index in [9.17, 15) is 19.3 Å². The van der Waals surface area contributed by atoms with Gasteiger partial charge in [-0.25, -0.2) is 4.39 Å². The average Bonchev–Trinajstić information content (AvgIpc) is 2.47. The molecule has 0 saturated carbocycles. The summed E-state index contributed by atoms with van der Waals surface area (Å²) in [7, 11) is 0. The molecule has 8 heteroatoms. The quantitative estimate of drug-likeness (QED) is 0.634. The summed E-state index contributed by atoms with van der Waals surface area (Å²) in [6.07, 6.45) is 0. The van der Waals surface area contributed by atoms with E-state index >= 15 is 0 Å². The van der Waals surface area contributed by atoms with E-state index in [0.717, 1.165) is 6.07 Å². The minimum atomic E-state index is -0.694. The molecule has 2 aromatic carbocycles. The molecule has 0 aliphatic carbocycles. The third kappa shape index (κ3) is 3.80. The molecule has 114 valence electrons. The molecule has 0 aromatic heterocycles. The molecule has 0 aliphatic rings. The molecule has 2 aromatic rings. The Morgan fingerprint density at radius 3 is 2.73 bits per heavy atom. The number of halogens is 3. The van der Waals surface area contributed by atoms with Crippen molar-refractivity contribution in [2.24, 2.45) is 0 Å². The zero-order chi connectivity index (χ0) is 16.3. The average molecular weight is 388 g/mol. The molecule has 1 N–H and O–H groups in total. The summed E-state index contributed by atoms with van der Waals surface area (Å²) < 4.78 is 14.2. The van der Waals surface area contributed by atoms with E-state index in [0.29, 0.717) is 4.47 Å². The summed E-state index contributed by atoms with van der Waals surface area (Å²) in [5.74, 6) is -1.16. The Morgan fingerprint density at radius 2 is 2.05 bits per heavy atom. The third-order valence-electron chi connectivity index (χ3n) is 2.85. The molecule has 0 fully saturated rings. The molecule has 0 saturated heterocycles. The number of hydrogen-bond donors (Lipinski definition) is 1. The predicted octanol–water partition coefficient (Wildman–Crippen LogP) is 4.08. The Kier molecular flexibility index (Phi) is 5.10. The Bertz CT molecular complexity index is 755. The second-order valence-corrected chi connectivity index (χ2v) is 5.69. The van der Waals surface area contributed by atoms with Crippen LogP contribution in [0, 0.1) is 15.9 Å². The number of amides is 1. The first-order chi connectivity index (χ1) is 10.4. The monoisotopic (exact) mass is 386 g/mol. The SMILES string of the molecule is O=C(NCc1cc(Br)ccc1F)c1ccc(Cl)cc1[N+](=O)[O-]. The van der Waals surface area contributed by atoms with Crippen LogP contribution in [0.25, 0.3) is 0 Å². The van der Waals surface area contributed by atoms with Crippen LogP contribution in [-0.2, 0) is 6.54 Å². The molecule has 22 heavy (non-hydrogen) atoms. The molecule has 0 radical (unpaired) electrons. The zero-order valence-electron chi connectivity index (χ0n) is 11.0. The smallest absolute Gasteiger partial charge is 0.283 e. The molecule has 0 heterocycles. The zero-order valence-corrected chi connectivity index (χ0v) is 13.3. The molecule has 1 amide bonds. The summed E-state index contributed by atoms with van der Waals surface area (Å²) in [5.41, 5.74) is -0.274. The number of nitrogens with one attached hydrogen (secondary N) is 1. The van der Waals surface area contributed by atoms with E-state index in [1.54, 1.807) is 0 Å². The van der Waals surface area contributed by atoms with Crippen molar-refractivity contribution < 1.29 is 14.1 Å². The number of nitrogens with zero attached hydrogens (tertiary/aromatic N) is 1. The van der Waals surface area contributed by atoms with Crippen LogP contribution >= 0.6 is 27.5 Å². The number of hydrogen-bond acceptors (Lipinski definition) is 3. The highest BCUT2D eigenvalue weighted by Crippen LogP contribution is 2.23. The van der Waals surface area contributed by atoms with Gasteiger partial charge in [0.2, 0.25) is 0 Å². The van der Waals surface area contributed by atoms with E-state index < -0.39 is 22.3 Å². The van der Waals surface area contributed by atoms with Crippen LogP contribution in [0.5, 0.6) is 0 Å². The van der Waals surface area contributed by atoms with Gasteiger partial charge in [0.1, 0.15) is 11.4 Å². The van der Waals surface area contributed by atoms with Gasteiger partial charge in [-0.15, -0.1) is 0 Å². The summed E-state index contributed by atoms with van der Waals surface area (Å²) in [4.78, 5) is 22.3. The summed E-state index contributed by atoms with van der Waals surface area (Å²) in [6.45, 7) is -0.0934.